The van der Waals surface area contributed by atoms with Gasteiger partial charge in [-0.15, -0.1) is 0 Å². The molecule has 350 valence electrons. The number of ether oxygens (including phenoxy) is 2. The van der Waals surface area contributed by atoms with Crippen molar-refractivity contribution in [1.82, 2.24) is 0 Å². The molecule has 0 rings (SSSR count). The molecule has 0 heterocycles. The van der Waals surface area contributed by atoms with Gasteiger partial charge in [-0.3, -0.25) is 18.6 Å². The van der Waals surface area contributed by atoms with E-state index in [1.807, 2.05) is 21.1 Å². The first-order valence-electron chi connectivity index (χ1n) is 24.4. The molecule has 1 N–H and O–H groups in total. The number of allylic oxidation sites excluding steroid dienone is 8. The number of unbranched alkanes of at least 4 members (excludes halogenated alkanes) is 22. The molecule has 0 aliphatic heterocycles. The Morgan fingerprint density at radius 3 is 1.38 bits per heavy atom. The molecule has 0 spiro atoms. The van der Waals surface area contributed by atoms with Gasteiger partial charge in [-0.2, -0.15) is 0 Å². The Balaban J connectivity index is 4.33. The van der Waals surface area contributed by atoms with Gasteiger partial charge in [0.2, 0.25) is 0 Å². The van der Waals surface area contributed by atoms with E-state index in [1.165, 1.54) is 116 Å². The van der Waals surface area contributed by atoms with Gasteiger partial charge in [-0.05, 0) is 77.0 Å². The molecule has 1 unspecified atom stereocenters. The Kier molecular flexibility index (Phi) is 40.8. The lowest BCUT2D eigenvalue weighted by molar-refractivity contribution is -0.870. The van der Waals surface area contributed by atoms with Crippen LogP contribution < -0.4 is 0 Å². The molecule has 0 aromatic carbocycles. The topological polar surface area (TPSA) is 108 Å². The largest absolute Gasteiger partial charge is 0.472 e. The van der Waals surface area contributed by atoms with Crippen molar-refractivity contribution in [3.8, 4) is 0 Å². The third kappa shape index (κ3) is 45.5. The van der Waals surface area contributed by atoms with E-state index in [-0.39, 0.29) is 32.0 Å². The van der Waals surface area contributed by atoms with Crippen molar-refractivity contribution < 1.29 is 42.1 Å². The van der Waals surface area contributed by atoms with Crippen molar-refractivity contribution in [3.63, 3.8) is 0 Å². The van der Waals surface area contributed by atoms with Crippen molar-refractivity contribution in [2.45, 2.75) is 213 Å². The predicted molar refractivity (Wildman–Crippen MR) is 252 cm³/mol. The number of likely N-dealkylation sites (N-methyl/N-ethyl adjacent to an activating group) is 1. The van der Waals surface area contributed by atoms with Crippen LogP contribution in [0.3, 0.4) is 0 Å². The molecule has 0 aromatic rings. The summed E-state index contributed by atoms with van der Waals surface area (Å²) in [6.07, 6.45) is 50.1. The lowest BCUT2D eigenvalue weighted by Crippen LogP contribution is -2.37. The lowest BCUT2D eigenvalue weighted by atomic mass is 10.1. The summed E-state index contributed by atoms with van der Waals surface area (Å²) in [7, 11) is 1.46. The van der Waals surface area contributed by atoms with Crippen molar-refractivity contribution in [1.29, 1.82) is 0 Å². The minimum atomic E-state index is -4.39. The number of phosphoric acid groups is 1. The molecule has 0 amide bonds. The standard InChI is InChI=1S/C50H92NO8P/c1-6-8-10-12-14-16-18-20-22-24-25-27-28-30-32-34-36-38-40-42-49(52)56-46-48(47-58-60(54,55)57-45-44-51(3,4)5)59-50(53)43-41-39-37-35-33-31-29-26-23-21-19-17-15-13-11-9-7-2/h15,17,20-23,29,31,48H,6-14,16,18-19,24-28,30,32-47H2,1-5H3/p+1/b17-15-,22-20-,23-21-,31-29-/t48-/m1/s1. The van der Waals surface area contributed by atoms with Gasteiger partial charge in [0.25, 0.3) is 0 Å². The van der Waals surface area contributed by atoms with Gasteiger partial charge in [-0.1, -0.05) is 165 Å². The van der Waals surface area contributed by atoms with Crippen LogP contribution in [0.1, 0.15) is 206 Å². The van der Waals surface area contributed by atoms with Crippen LogP contribution in [0, 0.1) is 0 Å². The summed E-state index contributed by atoms with van der Waals surface area (Å²) in [5.41, 5.74) is 0. The van der Waals surface area contributed by atoms with E-state index in [4.69, 9.17) is 18.5 Å². The molecular formula is C50H93NO8P+. The maximum Gasteiger partial charge on any atom is 0.472 e. The Hall–Kier alpha value is -2.03. The number of nitrogens with zero attached hydrogens (tertiary/aromatic N) is 1. The maximum atomic E-state index is 12.7. The van der Waals surface area contributed by atoms with E-state index < -0.39 is 26.5 Å². The second kappa shape index (κ2) is 42.3. The zero-order valence-corrected chi connectivity index (χ0v) is 40.3. The number of quaternary nitrogens is 1. The highest BCUT2D eigenvalue weighted by atomic mass is 31.2. The van der Waals surface area contributed by atoms with E-state index in [2.05, 4.69) is 62.5 Å². The fraction of sp³-hybridized carbons (Fsp3) is 0.800. The molecule has 10 heteroatoms. The van der Waals surface area contributed by atoms with Crippen molar-refractivity contribution in [2.24, 2.45) is 0 Å². The summed E-state index contributed by atoms with van der Waals surface area (Å²) in [5.74, 6) is -0.824. The van der Waals surface area contributed by atoms with Gasteiger partial charge in [0, 0.05) is 12.8 Å². The third-order valence-electron chi connectivity index (χ3n) is 10.3. The van der Waals surface area contributed by atoms with Gasteiger partial charge in [0.05, 0.1) is 27.7 Å². The highest BCUT2D eigenvalue weighted by Crippen LogP contribution is 2.43. The predicted octanol–water partition coefficient (Wildman–Crippen LogP) is 14.2. The summed E-state index contributed by atoms with van der Waals surface area (Å²) in [5, 5.41) is 0. The molecule has 0 saturated heterocycles. The van der Waals surface area contributed by atoms with E-state index in [0.717, 1.165) is 57.8 Å². The monoisotopic (exact) mass is 867 g/mol. The second-order valence-corrected chi connectivity index (χ2v) is 18.9. The third-order valence-corrected chi connectivity index (χ3v) is 11.3. The van der Waals surface area contributed by atoms with Gasteiger partial charge in [0.1, 0.15) is 19.8 Å². The Labute approximate surface area is 369 Å². The zero-order valence-electron chi connectivity index (χ0n) is 39.4. The summed E-state index contributed by atoms with van der Waals surface area (Å²) >= 11 is 0. The Morgan fingerprint density at radius 2 is 0.900 bits per heavy atom. The number of hydrogen-bond donors (Lipinski definition) is 1. The van der Waals surface area contributed by atoms with Gasteiger partial charge >= 0.3 is 19.8 Å². The minimum absolute atomic E-state index is 0.0257. The zero-order chi connectivity index (χ0) is 44.3. The summed E-state index contributed by atoms with van der Waals surface area (Å²) in [6.45, 7) is 4.37. The number of carbonyl (C=O) groups excluding carboxylic acids is 2. The van der Waals surface area contributed by atoms with Crippen molar-refractivity contribution in [2.75, 3.05) is 47.5 Å². The average Bonchev–Trinajstić information content (AvgIpc) is 3.20. The van der Waals surface area contributed by atoms with Crippen LogP contribution in [-0.2, 0) is 32.7 Å². The van der Waals surface area contributed by atoms with Crippen molar-refractivity contribution >= 4 is 19.8 Å². The molecule has 0 saturated carbocycles. The van der Waals surface area contributed by atoms with Gasteiger partial charge < -0.3 is 18.9 Å². The minimum Gasteiger partial charge on any atom is -0.462 e. The Morgan fingerprint density at radius 1 is 0.517 bits per heavy atom. The average molecular weight is 867 g/mol. The molecular weight excluding hydrogens is 774 g/mol. The van der Waals surface area contributed by atoms with Crippen LogP contribution in [0.5, 0.6) is 0 Å². The highest BCUT2D eigenvalue weighted by molar-refractivity contribution is 7.47. The summed E-state index contributed by atoms with van der Waals surface area (Å²) < 4.78 is 34.4. The molecule has 0 aromatic heterocycles. The molecule has 60 heavy (non-hydrogen) atoms. The number of phosphoric ester groups is 1. The second-order valence-electron chi connectivity index (χ2n) is 17.5. The molecule has 0 aliphatic rings. The molecule has 0 bridgehead atoms. The van der Waals surface area contributed by atoms with E-state index in [0.29, 0.717) is 17.4 Å². The first kappa shape index (κ1) is 58.0. The van der Waals surface area contributed by atoms with Crippen LogP contribution in [0.2, 0.25) is 0 Å². The Bertz CT molecular complexity index is 1160. The van der Waals surface area contributed by atoms with Crippen LogP contribution in [0.25, 0.3) is 0 Å². The molecule has 0 aliphatic carbocycles. The number of rotatable bonds is 44. The van der Waals surface area contributed by atoms with Gasteiger partial charge in [-0.25, -0.2) is 4.57 Å². The molecule has 9 nitrogen and oxygen atoms in total. The normalized spacial score (nSPS) is 13.9. The number of hydrogen-bond acceptors (Lipinski definition) is 7. The first-order chi connectivity index (χ1) is 29.0. The van der Waals surface area contributed by atoms with Gasteiger partial charge in [0.15, 0.2) is 6.10 Å². The van der Waals surface area contributed by atoms with E-state index in [9.17, 15) is 19.0 Å². The SMILES string of the molecule is CCCCC/C=C\C/C=C\C/C=C\CCCCCCC(=O)O[C@H](COC(=O)CCCCCCCCCCC/C=C\CCCCCCCC)COP(=O)(O)OCC[N+](C)(C)C. The van der Waals surface area contributed by atoms with Crippen LogP contribution in [0.4, 0.5) is 0 Å². The number of esters is 2. The summed E-state index contributed by atoms with van der Waals surface area (Å²) in [4.78, 5) is 35.5. The summed E-state index contributed by atoms with van der Waals surface area (Å²) in [6, 6.07) is 0. The maximum absolute atomic E-state index is 12.7. The van der Waals surface area contributed by atoms with Crippen LogP contribution in [0.15, 0.2) is 48.6 Å². The first-order valence-corrected chi connectivity index (χ1v) is 25.9. The lowest BCUT2D eigenvalue weighted by Gasteiger charge is -2.24. The van der Waals surface area contributed by atoms with E-state index >= 15 is 0 Å². The fourth-order valence-corrected chi connectivity index (χ4v) is 7.23. The smallest absolute Gasteiger partial charge is 0.462 e. The number of carbonyl (C=O) groups is 2. The molecule has 0 radical (unpaired) electrons. The fourth-order valence-electron chi connectivity index (χ4n) is 6.49. The van der Waals surface area contributed by atoms with Crippen LogP contribution >= 0.6 is 7.82 Å². The highest BCUT2D eigenvalue weighted by Gasteiger charge is 2.27. The molecule has 2 atom stereocenters. The van der Waals surface area contributed by atoms with Crippen molar-refractivity contribution in [3.05, 3.63) is 48.6 Å². The van der Waals surface area contributed by atoms with Crippen LogP contribution in [-0.4, -0.2) is 74.9 Å². The quantitative estimate of drug-likeness (QED) is 0.0212. The van der Waals surface area contributed by atoms with E-state index in [1.54, 1.807) is 0 Å². The molecule has 0 fully saturated rings.